The number of amides is 2. The Hall–Kier alpha value is -2.78. The van der Waals surface area contributed by atoms with Crippen molar-refractivity contribution in [2.24, 2.45) is 0 Å². The summed E-state index contributed by atoms with van der Waals surface area (Å²) in [5.74, 6) is 1.29. The van der Waals surface area contributed by atoms with Gasteiger partial charge in [-0.3, -0.25) is 0 Å². The van der Waals surface area contributed by atoms with Gasteiger partial charge in [-0.1, -0.05) is 24.3 Å². The van der Waals surface area contributed by atoms with Gasteiger partial charge < -0.3 is 19.3 Å². The van der Waals surface area contributed by atoms with E-state index in [2.05, 4.69) is 0 Å². The Morgan fingerprint density at radius 2 is 1.42 bits per heavy atom. The van der Waals surface area contributed by atoms with Crippen LogP contribution < -0.4 is 9.47 Å². The fourth-order valence-corrected chi connectivity index (χ4v) is 5.20. The van der Waals surface area contributed by atoms with Crippen LogP contribution in [0, 0.1) is 0 Å². The van der Waals surface area contributed by atoms with E-state index in [1.807, 2.05) is 55.5 Å². The summed E-state index contributed by atoms with van der Waals surface area (Å²) in [6.07, 6.45) is 0.823. The normalized spacial score (nSPS) is 16.9. The van der Waals surface area contributed by atoms with Crippen molar-refractivity contribution in [2.45, 2.75) is 32.5 Å². The number of urea groups is 1. The Kier molecular flexibility index (Phi) is 8.20. The van der Waals surface area contributed by atoms with Gasteiger partial charge >= 0.3 is 6.03 Å². The first-order chi connectivity index (χ1) is 15.7. The molecule has 8 nitrogen and oxygen atoms in total. The molecule has 0 aliphatic carbocycles. The lowest BCUT2D eigenvalue weighted by molar-refractivity contribution is 0.118. The summed E-state index contributed by atoms with van der Waals surface area (Å²) in [5.41, 5.74) is 1.71. The molecule has 0 aromatic heterocycles. The fourth-order valence-electron chi connectivity index (χ4n) is 3.82. The summed E-state index contributed by atoms with van der Waals surface area (Å²) in [4.78, 5) is 15.8. The third kappa shape index (κ3) is 6.39. The van der Waals surface area contributed by atoms with Crippen molar-refractivity contribution >= 4 is 16.1 Å². The van der Waals surface area contributed by atoms with Gasteiger partial charge in [-0.2, -0.15) is 4.31 Å². The van der Waals surface area contributed by atoms with Gasteiger partial charge in [0.15, 0.2) is 0 Å². The van der Waals surface area contributed by atoms with Gasteiger partial charge in [0.2, 0.25) is 10.0 Å². The fraction of sp³-hybridized carbons (Fsp3) is 0.458. The largest absolute Gasteiger partial charge is 0.497 e. The standard InChI is InChI=1S/C24H33N3O5S/c1-19-13-14-25(2)24(28)27(19)15-16-33(29,30)26(17-20-5-9-22(31-3)10-6-20)18-21-7-11-23(32-4)12-8-21/h5-12,19H,13-18H2,1-4H3/t19-/m0/s1. The van der Waals surface area contributed by atoms with E-state index in [4.69, 9.17) is 9.47 Å². The molecule has 1 aliphatic heterocycles. The van der Waals surface area contributed by atoms with Crippen LogP contribution in [0.2, 0.25) is 0 Å². The minimum absolute atomic E-state index is 0.0144. The van der Waals surface area contributed by atoms with E-state index >= 15 is 0 Å². The van der Waals surface area contributed by atoms with Crippen LogP contribution in [0.3, 0.4) is 0 Å². The summed E-state index contributed by atoms with van der Waals surface area (Å²) in [6, 6.07) is 14.6. The molecule has 1 aliphatic rings. The molecular weight excluding hydrogens is 442 g/mol. The zero-order valence-corrected chi connectivity index (χ0v) is 20.5. The molecule has 1 atom stereocenters. The van der Waals surface area contributed by atoms with E-state index in [-0.39, 0.29) is 37.5 Å². The average Bonchev–Trinajstić information content (AvgIpc) is 2.82. The number of benzene rings is 2. The van der Waals surface area contributed by atoms with Crippen LogP contribution in [0.15, 0.2) is 48.5 Å². The van der Waals surface area contributed by atoms with Crippen molar-refractivity contribution < 1.29 is 22.7 Å². The van der Waals surface area contributed by atoms with Crippen LogP contribution in [-0.2, 0) is 23.1 Å². The molecule has 9 heteroatoms. The summed E-state index contributed by atoms with van der Waals surface area (Å²) in [5, 5.41) is 0. The van der Waals surface area contributed by atoms with Crippen LogP contribution in [0.5, 0.6) is 11.5 Å². The Balaban J connectivity index is 1.79. The number of methoxy groups -OCH3 is 2. The lowest BCUT2D eigenvalue weighted by Gasteiger charge is -2.38. The first-order valence-electron chi connectivity index (χ1n) is 11.0. The second-order valence-electron chi connectivity index (χ2n) is 8.32. The zero-order valence-electron chi connectivity index (χ0n) is 19.7. The number of carbonyl (C=O) groups is 1. The van der Waals surface area contributed by atoms with Crippen molar-refractivity contribution in [3.8, 4) is 11.5 Å². The molecule has 0 unspecified atom stereocenters. The van der Waals surface area contributed by atoms with Gasteiger partial charge in [0, 0.05) is 39.3 Å². The predicted molar refractivity (Wildman–Crippen MR) is 128 cm³/mol. The van der Waals surface area contributed by atoms with Crippen LogP contribution in [-0.4, -0.2) is 74.7 Å². The molecule has 0 bridgehead atoms. The Bertz CT molecular complexity index is 976. The van der Waals surface area contributed by atoms with E-state index < -0.39 is 10.0 Å². The molecule has 2 aromatic carbocycles. The minimum atomic E-state index is -3.66. The summed E-state index contributed by atoms with van der Waals surface area (Å²) in [6.45, 7) is 3.26. The highest BCUT2D eigenvalue weighted by Gasteiger charge is 2.31. The second-order valence-corrected chi connectivity index (χ2v) is 10.4. The highest BCUT2D eigenvalue weighted by atomic mass is 32.2. The number of nitrogens with zero attached hydrogens (tertiary/aromatic N) is 3. The quantitative estimate of drug-likeness (QED) is 0.527. The van der Waals surface area contributed by atoms with Crippen LogP contribution in [0.25, 0.3) is 0 Å². The highest BCUT2D eigenvalue weighted by Crippen LogP contribution is 2.21. The molecular formula is C24H33N3O5S. The third-order valence-electron chi connectivity index (χ3n) is 6.01. The van der Waals surface area contributed by atoms with Crippen molar-refractivity contribution in [3.05, 3.63) is 59.7 Å². The van der Waals surface area contributed by atoms with E-state index in [0.29, 0.717) is 18.0 Å². The first kappa shape index (κ1) is 24.9. The first-order valence-corrected chi connectivity index (χ1v) is 12.6. The smallest absolute Gasteiger partial charge is 0.320 e. The van der Waals surface area contributed by atoms with Crippen LogP contribution in [0.1, 0.15) is 24.5 Å². The number of sulfonamides is 1. The number of ether oxygens (including phenoxy) is 2. The maximum Gasteiger partial charge on any atom is 0.320 e. The molecule has 0 saturated carbocycles. The summed E-state index contributed by atoms with van der Waals surface area (Å²) >= 11 is 0. The van der Waals surface area contributed by atoms with Gasteiger partial charge in [-0.25, -0.2) is 13.2 Å². The van der Waals surface area contributed by atoms with Gasteiger partial charge in [-0.05, 0) is 48.7 Å². The SMILES string of the molecule is COc1ccc(CN(Cc2ccc(OC)cc2)S(=O)(=O)CCN2C(=O)N(C)CC[C@@H]2C)cc1. The topological polar surface area (TPSA) is 79.4 Å². The Morgan fingerprint density at radius 3 is 1.88 bits per heavy atom. The van der Waals surface area contributed by atoms with Crippen molar-refractivity contribution in [3.63, 3.8) is 0 Å². The van der Waals surface area contributed by atoms with Gasteiger partial charge in [0.25, 0.3) is 0 Å². The molecule has 1 fully saturated rings. The average molecular weight is 476 g/mol. The molecule has 0 N–H and O–H groups in total. The maximum atomic E-state index is 13.4. The van der Waals surface area contributed by atoms with Gasteiger partial charge in [0.05, 0.1) is 20.0 Å². The van der Waals surface area contributed by atoms with E-state index in [1.165, 1.54) is 4.31 Å². The van der Waals surface area contributed by atoms with Gasteiger partial charge in [-0.15, -0.1) is 0 Å². The Labute approximate surface area is 196 Å². The van der Waals surface area contributed by atoms with E-state index in [0.717, 1.165) is 17.5 Å². The lowest BCUT2D eigenvalue weighted by atomic mass is 10.1. The monoisotopic (exact) mass is 475 g/mol. The summed E-state index contributed by atoms with van der Waals surface area (Å²) in [7, 11) is 1.28. The van der Waals surface area contributed by atoms with Gasteiger partial charge in [0.1, 0.15) is 11.5 Å². The van der Waals surface area contributed by atoms with Crippen LogP contribution >= 0.6 is 0 Å². The second kappa shape index (κ2) is 10.9. The third-order valence-corrected chi connectivity index (χ3v) is 7.75. The lowest BCUT2D eigenvalue weighted by Crippen LogP contribution is -2.53. The number of rotatable bonds is 10. The minimum Gasteiger partial charge on any atom is -0.497 e. The van der Waals surface area contributed by atoms with Crippen LogP contribution in [0.4, 0.5) is 4.79 Å². The Morgan fingerprint density at radius 1 is 0.939 bits per heavy atom. The molecule has 0 spiro atoms. The van der Waals surface area contributed by atoms with Crippen molar-refractivity contribution in [2.75, 3.05) is 40.1 Å². The molecule has 33 heavy (non-hydrogen) atoms. The molecule has 2 amide bonds. The van der Waals surface area contributed by atoms with E-state index in [9.17, 15) is 13.2 Å². The molecule has 1 saturated heterocycles. The molecule has 1 heterocycles. The number of hydrogen-bond donors (Lipinski definition) is 0. The highest BCUT2D eigenvalue weighted by molar-refractivity contribution is 7.89. The molecule has 0 radical (unpaired) electrons. The molecule has 180 valence electrons. The zero-order chi connectivity index (χ0) is 24.0. The predicted octanol–water partition coefficient (Wildman–Crippen LogP) is 3.18. The van der Waals surface area contributed by atoms with E-state index in [1.54, 1.807) is 31.1 Å². The van der Waals surface area contributed by atoms with Crippen molar-refractivity contribution in [1.29, 1.82) is 0 Å². The summed E-state index contributed by atoms with van der Waals surface area (Å²) < 4.78 is 38.8. The molecule has 3 rings (SSSR count). The molecule has 2 aromatic rings. The van der Waals surface area contributed by atoms with Crippen molar-refractivity contribution in [1.82, 2.24) is 14.1 Å². The number of carbonyl (C=O) groups excluding carboxylic acids is 1. The number of hydrogen-bond acceptors (Lipinski definition) is 5. The maximum absolute atomic E-state index is 13.4.